The van der Waals surface area contributed by atoms with Crippen molar-refractivity contribution in [3.8, 4) is 5.75 Å². The van der Waals surface area contributed by atoms with Crippen molar-refractivity contribution < 1.29 is 14.3 Å². The number of rotatable bonds is 7. The average molecular weight is 380 g/mol. The molecule has 0 saturated heterocycles. The zero-order valence-electron chi connectivity index (χ0n) is 16.3. The van der Waals surface area contributed by atoms with Crippen molar-refractivity contribution in [3.05, 3.63) is 65.7 Å². The van der Waals surface area contributed by atoms with E-state index in [9.17, 15) is 9.59 Å². The molecular formula is C23H28N2O3. The molecule has 2 aromatic rings. The Hall–Kier alpha value is -2.82. The van der Waals surface area contributed by atoms with Gasteiger partial charge in [-0.2, -0.15) is 0 Å². The highest BCUT2D eigenvalue weighted by atomic mass is 16.5. The smallest absolute Gasteiger partial charge is 0.258 e. The number of ether oxygens (including phenoxy) is 1. The molecule has 0 aliphatic heterocycles. The third-order valence-corrected chi connectivity index (χ3v) is 5.14. The molecule has 1 fully saturated rings. The summed E-state index contributed by atoms with van der Waals surface area (Å²) in [5.41, 5.74) is 1.55. The average Bonchev–Trinajstić information content (AvgIpc) is 2.73. The van der Waals surface area contributed by atoms with Crippen molar-refractivity contribution in [3.63, 3.8) is 0 Å². The second-order valence-corrected chi connectivity index (χ2v) is 7.51. The lowest BCUT2D eigenvalue weighted by atomic mass is 9.87. The van der Waals surface area contributed by atoms with Crippen molar-refractivity contribution in [2.75, 3.05) is 6.61 Å². The first-order chi connectivity index (χ1) is 13.6. The van der Waals surface area contributed by atoms with Crippen LogP contribution in [0, 0.1) is 5.92 Å². The summed E-state index contributed by atoms with van der Waals surface area (Å²) < 4.78 is 5.59. The first kappa shape index (κ1) is 19.9. The van der Waals surface area contributed by atoms with Gasteiger partial charge in [-0.3, -0.25) is 9.59 Å². The molecule has 5 heteroatoms. The number of amides is 2. The van der Waals surface area contributed by atoms with E-state index in [0.717, 1.165) is 37.2 Å². The van der Waals surface area contributed by atoms with Gasteiger partial charge in [-0.05, 0) is 55.4 Å². The molecule has 0 unspecified atom stereocenters. The number of carbonyl (C=O) groups is 2. The van der Waals surface area contributed by atoms with Crippen LogP contribution < -0.4 is 15.4 Å². The standard InChI is InChI=1S/C23H28N2O3/c1-17-10-12-20(13-11-17)25-22(26)16-28-21-9-5-8-19(14-21)23(27)24-15-18-6-3-2-4-7-18/h2-9,14,17,20H,10-13,15-16H2,1H3,(H,24,27)(H,25,26). The maximum absolute atomic E-state index is 12.4. The van der Waals surface area contributed by atoms with Crippen LogP contribution in [-0.2, 0) is 11.3 Å². The molecule has 2 N–H and O–H groups in total. The molecule has 28 heavy (non-hydrogen) atoms. The van der Waals surface area contributed by atoms with Gasteiger partial charge < -0.3 is 15.4 Å². The molecule has 5 nitrogen and oxygen atoms in total. The van der Waals surface area contributed by atoms with Crippen LogP contribution in [0.3, 0.4) is 0 Å². The number of hydrogen-bond acceptors (Lipinski definition) is 3. The fourth-order valence-electron chi connectivity index (χ4n) is 3.43. The molecule has 3 rings (SSSR count). The SMILES string of the molecule is CC1CCC(NC(=O)COc2cccc(C(=O)NCc3ccccc3)c2)CC1. The quantitative estimate of drug-likeness (QED) is 0.770. The summed E-state index contributed by atoms with van der Waals surface area (Å²) in [7, 11) is 0. The van der Waals surface area contributed by atoms with Crippen LogP contribution in [0.2, 0.25) is 0 Å². The van der Waals surface area contributed by atoms with Gasteiger partial charge in [0, 0.05) is 18.2 Å². The van der Waals surface area contributed by atoms with E-state index < -0.39 is 0 Å². The fraction of sp³-hybridized carbons (Fsp3) is 0.391. The molecule has 0 atom stereocenters. The molecule has 1 aliphatic rings. The van der Waals surface area contributed by atoms with E-state index in [1.807, 2.05) is 30.3 Å². The van der Waals surface area contributed by atoms with Crippen LogP contribution in [-0.4, -0.2) is 24.5 Å². The number of carbonyl (C=O) groups excluding carboxylic acids is 2. The largest absolute Gasteiger partial charge is 0.484 e. The maximum atomic E-state index is 12.4. The van der Waals surface area contributed by atoms with Crippen LogP contribution in [0.1, 0.15) is 48.5 Å². The Balaban J connectivity index is 1.46. The second kappa shape index (κ2) is 9.93. The zero-order chi connectivity index (χ0) is 19.8. The highest BCUT2D eigenvalue weighted by Crippen LogP contribution is 2.23. The topological polar surface area (TPSA) is 67.4 Å². The molecule has 1 aliphatic carbocycles. The summed E-state index contributed by atoms with van der Waals surface area (Å²) in [4.78, 5) is 24.5. The lowest BCUT2D eigenvalue weighted by Gasteiger charge is -2.26. The minimum atomic E-state index is -0.171. The lowest BCUT2D eigenvalue weighted by Crippen LogP contribution is -2.39. The highest BCUT2D eigenvalue weighted by molar-refractivity contribution is 5.94. The third kappa shape index (κ3) is 6.12. The van der Waals surface area contributed by atoms with Crippen molar-refractivity contribution >= 4 is 11.8 Å². The van der Waals surface area contributed by atoms with Crippen molar-refractivity contribution in [1.29, 1.82) is 0 Å². The molecule has 0 bridgehead atoms. The minimum Gasteiger partial charge on any atom is -0.484 e. The van der Waals surface area contributed by atoms with Gasteiger partial charge in [0.25, 0.3) is 11.8 Å². The van der Waals surface area contributed by atoms with Gasteiger partial charge in [0.2, 0.25) is 0 Å². The highest BCUT2D eigenvalue weighted by Gasteiger charge is 2.19. The molecule has 0 aromatic heterocycles. The van der Waals surface area contributed by atoms with Gasteiger partial charge in [0.1, 0.15) is 5.75 Å². The molecule has 1 saturated carbocycles. The Morgan fingerprint density at radius 3 is 2.50 bits per heavy atom. The Bertz CT molecular complexity index is 783. The summed E-state index contributed by atoms with van der Waals surface area (Å²) >= 11 is 0. The number of nitrogens with one attached hydrogen (secondary N) is 2. The van der Waals surface area contributed by atoms with Crippen LogP contribution in [0.25, 0.3) is 0 Å². The normalized spacial score (nSPS) is 18.9. The molecule has 2 amide bonds. The first-order valence-corrected chi connectivity index (χ1v) is 9.94. The monoisotopic (exact) mass is 380 g/mol. The Morgan fingerprint density at radius 1 is 1.00 bits per heavy atom. The van der Waals surface area contributed by atoms with Crippen LogP contribution >= 0.6 is 0 Å². The van der Waals surface area contributed by atoms with Crippen LogP contribution in [0.15, 0.2) is 54.6 Å². The molecule has 0 radical (unpaired) electrons. The fourth-order valence-corrected chi connectivity index (χ4v) is 3.43. The zero-order valence-corrected chi connectivity index (χ0v) is 16.3. The second-order valence-electron chi connectivity index (χ2n) is 7.51. The van der Waals surface area contributed by atoms with Crippen LogP contribution in [0.4, 0.5) is 0 Å². The summed E-state index contributed by atoms with van der Waals surface area (Å²) in [6.45, 7) is 2.68. The predicted molar refractivity (Wildman–Crippen MR) is 109 cm³/mol. The lowest BCUT2D eigenvalue weighted by molar-refractivity contribution is -0.124. The third-order valence-electron chi connectivity index (χ3n) is 5.14. The van der Waals surface area contributed by atoms with Gasteiger partial charge >= 0.3 is 0 Å². The van der Waals surface area contributed by atoms with Crippen molar-refractivity contribution in [2.24, 2.45) is 5.92 Å². The molecular weight excluding hydrogens is 352 g/mol. The van der Waals surface area contributed by atoms with Gasteiger partial charge in [-0.15, -0.1) is 0 Å². The van der Waals surface area contributed by atoms with E-state index in [2.05, 4.69) is 17.6 Å². The van der Waals surface area contributed by atoms with E-state index in [0.29, 0.717) is 17.9 Å². The van der Waals surface area contributed by atoms with Gasteiger partial charge in [0.05, 0.1) is 0 Å². The van der Waals surface area contributed by atoms with E-state index in [1.165, 1.54) is 0 Å². The van der Waals surface area contributed by atoms with Crippen LogP contribution in [0.5, 0.6) is 5.75 Å². The maximum Gasteiger partial charge on any atom is 0.258 e. The van der Waals surface area contributed by atoms with Crippen molar-refractivity contribution in [2.45, 2.75) is 45.2 Å². The minimum absolute atomic E-state index is 0.0405. The van der Waals surface area contributed by atoms with E-state index in [4.69, 9.17) is 4.74 Å². The first-order valence-electron chi connectivity index (χ1n) is 9.94. The summed E-state index contributed by atoms with van der Waals surface area (Å²) in [5, 5.41) is 5.93. The molecule has 0 spiro atoms. The number of benzene rings is 2. The van der Waals surface area contributed by atoms with E-state index in [-0.39, 0.29) is 24.5 Å². The summed E-state index contributed by atoms with van der Waals surface area (Å²) in [6, 6.07) is 16.9. The van der Waals surface area contributed by atoms with Gasteiger partial charge in [-0.1, -0.05) is 43.3 Å². The summed E-state index contributed by atoms with van der Waals surface area (Å²) in [5.74, 6) is 0.980. The summed E-state index contributed by atoms with van der Waals surface area (Å²) in [6.07, 6.45) is 4.38. The number of hydrogen-bond donors (Lipinski definition) is 2. The van der Waals surface area contributed by atoms with Gasteiger partial charge in [-0.25, -0.2) is 0 Å². The Morgan fingerprint density at radius 2 is 1.75 bits per heavy atom. The molecule has 0 heterocycles. The van der Waals surface area contributed by atoms with Crippen molar-refractivity contribution in [1.82, 2.24) is 10.6 Å². The Kier molecular flexibility index (Phi) is 7.06. The van der Waals surface area contributed by atoms with E-state index in [1.54, 1.807) is 24.3 Å². The predicted octanol–water partition coefficient (Wildman–Crippen LogP) is 3.69. The molecule has 148 valence electrons. The Labute approximate surface area is 166 Å². The molecule has 2 aromatic carbocycles. The van der Waals surface area contributed by atoms with E-state index >= 15 is 0 Å². The van der Waals surface area contributed by atoms with Gasteiger partial charge in [0.15, 0.2) is 6.61 Å².